The zero-order chi connectivity index (χ0) is 18.8. The van der Waals surface area contributed by atoms with Gasteiger partial charge in [0.2, 0.25) is 0 Å². The minimum absolute atomic E-state index is 0.339. The number of ether oxygens (including phenoxy) is 1. The lowest BCUT2D eigenvalue weighted by Crippen LogP contribution is -2.34. The summed E-state index contributed by atoms with van der Waals surface area (Å²) >= 11 is 0. The number of rotatable bonds is 4. The molecule has 1 unspecified atom stereocenters. The molecule has 3 heterocycles. The van der Waals surface area contributed by atoms with Crippen LogP contribution in [-0.2, 0) is 19.6 Å². The molecular formula is C22H26N4O. The van der Waals surface area contributed by atoms with Crippen LogP contribution < -0.4 is 4.74 Å². The van der Waals surface area contributed by atoms with E-state index in [1.807, 2.05) is 30.7 Å². The molecule has 0 spiro atoms. The van der Waals surface area contributed by atoms with Gasteiger partial charge in [0.1, 0.15) is 12.4 Å². The average molecular weight is 362 g/mol. The number of benzene rings is 1. The lowest BCUT2D eigenvalue weighted by molar-refractivity contribution is 0.151. The van der Waals surface area contributed by atoms with E-state index >= 15 is 0 Å². The molecular weight excluding hydrogens is 336 g/mol. The molecule has 4 rings (SSSR count). The molecule has 0 aliphatic carbocycles. The third kappa shape index (κ3) is 3.60. The van der Waals surface area contributed by atoms with Crippen LogP contribution in [0.25, 0.3) is 11.1 Å². The Morgan fingerprint density at radius 3 is 2.70 bits per heavy atom. The Bertz CT molecular complexity index is 919. The van der Waals surface area contributed by atoms with Gasteiger partial charge in [0, 0.05) is 54.9 Å². The third-order valence-electron chi connectivity index (χ3n) is 5.43. The van der Waals surface area contributed by atoms with Gasteiger partial charge in [0.25, 0.3) is 0 Å². The molecule has 2 aromatic heterocycles. The highest BCUT2D eigenvalue weighted by Crippen LogP contribution is 2.31. The molecule has 5 heteroatoms. The Labute approximate surface area is 160 Å². The van der Waals surface area contributed by atoms with E-state index in [9.17, 15) is 0 Å². The summed E-state index contributed by atoms with van der Waals surface area (Å²) in [6.45, 7) is 9.87. The van der Waals surface area contributed by atoms with Crippen LogP contribution in [-0.4, -0.2) is 32.3 Å². The van der Waals surface area contributed by atoms with Gasteiger partial charge in [-0.3, -0.25) is 14.6 Å². The van der Waals surface area contributed by atoms with Crippen molar-refractivity contribution in [2.75, 3.05) is 6.61 Å². The molecule has 0 amide bonds. The third-order valence-corrected chi connectivity index (χ3v) is 5.43. The predicted molar refractivity (Wildman–Crippen MR) is 107 cm³/mol. The number of aryl methyl sites for hydroxylation is 1. The van der Waals surface area contributed by atoms with Crippen molar-refractivity contribution < 1.29 is 4.74 Å². The van der Waals surface area contributed by atoms with Gasteiger partial charge < -0.3 is 4.74 Å². The number of pyridine rings is 1. The van der Waals surface area contributed by atoms with Crippen molar-refractivity contribution >= 4 is 0 Å². The lowest BCUT2D eigenvalue weighted by Gasteiger charge is -2.26. The normalized spacial score (nSPS) is 17.2. The van der Waals surface area contributed by atoms with Crippen molar-refractivity contribution in [3.05, 3.63) is 65.7 Å². The van der Waals surface area contributed by atoms with E-state index < -0.39 is 0 Å². The van der Waals surface area contributed by atoms with Crippen LogP contribution in [0.5, 0.6) is 5.75 Å². The van der Waals surface area contributed by atoms with Crippen molar-refractivity contribution in [3.8, 4) is 16.9 Å². The van der Waals surface area contributed by atoms with Gasteiger partial charge in [-0.1, -0.05) is 6.07 Å². The fraction of sp³-hybridized carbons (Fsp3) is 0.364. The highest BCUT2D eigenvalue weighted by molar-refractivity contribution is 5.65. The monoisotopic (exact) mass is 362 g/mol. The SMILES string of the molecule is CCn1ncc(CN2Cc3cc(-c4ccncc4)ccc3OCC2C)c1C. The first-order valence-corrected chi connectivity index (χ1v) is 9.57. The summed E-state index contributed by atoms with van der Waals surface area (Å²) in [4.78, 5) is 6.60. The second-order valence-corrected chi connectivity index (χ2v) is 7.19. The van der Waals surface area contributed by atoms with Crippen LogP contribution in [0.2, 0.25) is 0 Å². The minimum atomic E-state index is 0.339. The number of aromatic nitrogens is 3. The molecule has 140 valence electrons. The second-order valence-electron chi connectivity index (χ2n) is 7.19. The molecule has 1 aromatic carbocycles. The molecule has 0 saturated heterocycles. The summed E-state index contributed by atoms with van der Waals surface area (Å²) in [5.74, 6) is 0.989. The van der Waals surface area contributed by atoms with Crippen LogP contribution in [0.3, 0.4) is 0 Å². The van der Waals surface area contributed by atoms with Gasteiger partial charge in [-0.15, -0.1) is 0 Å². The largest absolute Gasteiger partial charge is 0.492 e. The van der Waals surface area contributed by atoms with Gasteiger partial charge in [-0.05, 0) is 56.2 Å². The maximum Gasteiger partial charge on any atom is 0.123 e. The number of hydrogen-bond acceptors (Lipinski definition) is 4. The van der Waals surface area contributed by atoms with E-state index in [1.165, 1.54) is 27.9 Å². The Morgan fingerprint density at radius 1 is 1.15 bits per heavy atom. The molecule has 27 heavy (non-hydrogen) atoms. The van der Waals surface area contributed by atoms with E-state index in [1.54, 1.807) is 0 Å². The van der Waals surface area contributed by atoms with E-state index in [2.05, 4.69) is 58.6 Å². The van der Waals surface area contributed by atoms with Crippen LogP contribution in [0.15, 0.2) is 48.9 Å². The van der Waals surface area contributed by atoms with E-state index in [-0.39, 0.29) is 0 Å². The fourth-order valence-electron chi connectivity index (χ4n) is 3.65. The molecule has 1 atom stereocenters. The molecule has 0 saturated carbocycles. The van der Waals surface area contributed by atoms with E-state index in [0.717, 1.165) is 25.4 Å². The topological polar surface area (TPSA) is 43.2 Å². The summed E-state index contributed by atoms with van der Waals surface area (Å²) in [5.41, 5.74) is 6.15. The number of hydrogen-bond donors (Lipinski definition) is 0. The zero-order valence-electron chi connectivity index (χ0n) is 16.2. The molecule has 0 bridgehead atoms. The van der Waals surface area contributed by atoms with Crippen LogP contribution in [0, 0.1) is 6.92 Å². The van der Waals surface area contributed by atoms with Crippen molar-refractivity contribution in [1.29, 1.82) is 0 Å². The first-order valence-electron chi connectivity index (χ1n) is 9.57. The lowest BCUT2D eigenvalue weighted by atomic mass is 10.0. The molecule has 3 aromatic rings. The van der Waals surface area contributed by atoms with Gasteiger partial charge in [-0.2, -0.15) is 5.10 Å². The predicted octanol–water partition coefficient (Wildman–Crippen LogP) is 4.06. The fourth-order valence-corrected chi connectivity index (χ4v) is 3.65. The average Bonchev–Trinajstić information content (AvgIpc) is 2.97. The van der Waals surface area contributed by atoms with E-state index in [0.29, 0.717) is 12.6 Å². The molecule has 5 nitrogen and oxygen atoms in total. The second kappa shape index (κ2) is 7.53. The highest BCUT2D eigenvalue weighted by Gasteiger charge is 2.23. The van der Waals surface area contributed by atoms with Gasteiger partial charge >= 0.3 is 0 Å². The maximum atomic E-state index is 6.10. The Hall–Kier alpha value is -2.66. The minimum Gasteiger partial charge on any atom is -0.492 e. The molecule has 0 fully saturated rings. The summed E-state index contributed by atoms with van der Waals surface area (Å²) in [6.07, 6.45) is 5.67. The zero-order valence-corrected chi connectivity index (χ0v) is 16.2. The van der Waals surface area contributed by atoms with E-state index in [4.69, 9.17) is 4.74 Å². The van der Waals surface area contributed by atoms with Crippen LogP contribution >= 0.6 is 0 Å². The Balaban J connectivity index is 1.62. The molecule has 0 radical (unpaired) electrons. The smallest absolute Gasteiger partial charge is 0.123 e. The summed E-state index contributed by atoms with van der Waals surface area (Å²) < 4.78 is 8.16. The maximum absolute atomic E-state index is 6.10. The summed E-state index contributed by atoms with van der Waals surface area (Å²) in [5, 5.41) is 4.50. The van der Waals surface area contributed by atoms with Gasteiger partial charge in [0.05, 0.1) is 6.20 Å². The van der Waals surface area contributed by atoms with Crippen molar-refractivity contribution in [1.82, 2.24) is 19.7 Å². The Morgan fingerprint density at radius 2 is 1.96 bits per heavy atom. The first-order chi connectivity index (χ1) is 13.2. The van der Waals surface area contributed by atoms with Crippen LogP contribution in [0.4, 0.5) is 0 Å². The molecule has 0 N–H and O–H groups in total. The van der Waals surface area contributed by atoms with Crippen molar-refractivity contribution in [2.45, 2.75) is 46.4 Å². The Kier molecular flexibility index (Phi) is 4.94. The molecule has 1 aliphatic heterocycles. The summed E-state index contributed by atoms with van der Waals surface area (Å²) in [6, 6.07) is 10.9. The van der Waals surface area contributed by atoms with Gasteiger partial charge in [0.15, 0.2) is 0 Å². The first kappa shape index (κ1) is 17.7. The summed E-state index contributed by atoms with van der Waals surface area (Å²) in [7, 11) is 0. The number of fused-ring (bicyclic) bond motifs is 1. The van der Waals surface area contributed by atoms with Gasteiger partial charge in [-0.25, -0.2) is 0 Å². The van der Waals surface area contributed by atoms with Crippen LogP contribution in [0.1, 0.15) is 30.7 Å². The standard InChI is InChI=1S/C22H26N4O/c1-4-26-17(3)21(12-24-26)14-25-13-20-11-19(18-7-9-23-10-8-18)5-6-22(20)27-15-16(25)2/h5-12,16H,4,13-15H2,1-3H3. The highest BCUT2D eigenvalue weighted by atomic mass is 16.5. The quantitative estimate of drug-likeness (QED) is 0.702. The molecule has 1 aliphatic rings. The number of nitrogens with zero attached hydrogens (tertiary/aromatic N) is 4. The van der Waals surface area contributed by atoms with Crippen molar-refractivity contribution in [2.24, 2.45) is 0 Å². The van der Waals surface area contributed by atoms with Crippen molar-refractivity contribution in [3.63, 3.8) is 0 Å².